The average molecular weight is 287 g/mol. The predicted octanol–water partition coefficient (Wildman–Crippen LogP) is 4.18. The van der Waals surface area contributed by atoms with Crippen molar-refractivity contribution in [1.82, 2.24) is 9.78 Å². The molecule has 2 aromatic rings. The Morgan fingerprint density at radius 2 is 2.10 bits per heavy atom. The highest BCUT2D eigenvalue weighted by molar-refractivity contribution is 7.98. The van der Waals surface area contributed by atoms with Gasteiger partial charge in [-0.2, -0.15) is 5.10 Å². The summed E-state index contributed by atoms with van der Waals surface area (Å²) in [6, 6.07) is 8.85. The van der Waals surface area contributed by atoms with Gasteiger partial charge in [-0.1, -0.05) is 18.9 Å². The SMILES string of the molecule is Cc1ccc(N)cc1SCc1ccn(C2CCCC2)n1. The molecule has 4 heteroatoms. The molecule has 1 saturated carbocycles. The van der Waals surface area contributed by atoms with E-state index in [1.54, 1.807) is 0 Å². The lowest BCUT2D eigenvalue weighted by Crippen LogP contribution is -2.05. The molecule has 1 aromatic heterocycles. The van der Waals surface area contributed by atoms with Crippen LogP contribution in [0.25, 0.3) is 0 Å². The van der Waals surface area contributed by atoms with E-state index in [0.717, 1.165) is 17.1 Å². The van der Waals surface area contributed by atoms with E-state index < -0.39 is 0 Å². The Kier molecular flexibility index (Phi) is 4.01. The summed E-state index contributed by atoms with van der Waals surface area (Å²) in [5, 5.41) is 4.72. The van der Waals surface area contributed by atoms with Gasteiger partial charge in [0.15, 0.2) is 0 Å². The number of thioether (sulfide) groups is 1. The first-order valence-corrected chi connectivity index (χ1v) is 8.24. The summed E-state index contributed by atoms with van der Waals surface area (Å²) in [6.45, 7) is 2.12. The zero-order valence-electron chi connectivity index (χ0n) is 11.9. The van der Waals surface area contributed by atoms with Gasteiger partial charge in [0.2, 0.25) is 0 Å². The molecule has 106 valence electrons. The number of nitrogen functional groups attached to an aromatic ring is 1. The molecule has 3 rings (SSSR count). The third-order valence-corrected chi connectivity index (χ3v) is 5.14. The molecule has 0 spiro atoms. The number of anilines is 1. The second kappa shape index (κ2) is 5.92. The molecule has 1 aliphatic rings. The largest absolute Gasteiger partial charge is 0.399 e. The first kappa shape index (κ1) is 13.6. The topological polar surface area (TPSA) is 43.8 Å². The van der Waals surface area contributed by atoms with Crippen molar-refractivity contribution in [3.63, 3.8) is 0 Å². The fraction of sp³-hybridized carbons (Fsp3) is 0.438. The Hall–Kier alpha value is -1.42. The van der Waals surface area contributed by atoms with Gasteiger partial charge in [0, 0.05) is 22.5 Å². The van der Waals surface area contributed by atoms with E-state index in [0.29, 0.717) is 6.04 Å². The number of benzene rings is 1. The van der Waals surface area contributed by atoms with Crippen molar-refractivity contribution in [2.75, 3.05) is 5.73 Å². The Labute approximate surface area is 124 Å². The second-order valence-electron chi connectivity index (χ2n) is 5.54. The first-order valence-electron chi connectivity index (χ1n) is 7.25. The number of aromatic nitrogens is 2. The zero-order valence-corrected chi connectivity index (χ0v) is 12.7. The molecule has 3 nitrogen and oxygen atoms in total. The van der Waals surface area contributed by atoms with Crippen LogP contribution < -0.4 is 5.73 Å². The summed E-state index contributed by atoms with van der Waals surface area (Å²) < 4.78 is 2.16. The van der Waals surface area contributed by atoms with Crippen LogP contribution in [-0.2, 0) is 5.75 Å². The molecule has 0 radical (unpaired) electrons. The number of hydrogen-bond acceptors (Lipinski definition) is 3. The summed E-state index contributed by atoms with van der Waals surface area (Å²) in [4.78, 5) is 1.25. The normalized spacial score (nSPS) is 15.8. The van der Waals surface area contributed by atoms with Crippen LogP contribution in [0.15, 0.2) is 35.4 Å². The second-order valence-corrected chi connectivity index (χ2v) is 6.56. The summed E-state index contributed by atoms with van der Waals surface area (Å²) >= 11 is 1.81. The Bertz CT molecular complexity index is 585. The Morgan fingerprint density at radius 3 is 2.90 bits per heavy atom. The van der Waals surface area contributed by atoms with Gasteiger partial charge in [-0.15, -0.1) is 11.8 Å². The molecule has 0 unspecified atom stereocenters. The maximum Gasteiger partial charge on any atom is 0.0727 e. The first-order chi connectivity index (χ1) is 9.72. The van der Waals surface area contributed by atoms with Crippen molar-refractivity contribution < 1.29 is 0 Å². The monoisotopic (exact) mass is 287 g/mol. The van der Waals surface area contributed by atoms with Crippen molar-refractivity contribution in [2.45, 2.75) is 49.3 Å². The highest BCUT2D eigenvalue weighted by Crippen LogP contribution is 2.30. The maximum atomic E-state index is 5.85. The molecule has 1 heterocycles. The van der Waals surface area contributed by atoms with Crippen LogP contribution in [0.3, 0.4) is 0 Å². The molecule has 0 saturated heterocycles. The molecule has 1 fully saturated rings. The molecule has 2 N–H and O–H groups in total. The van der Waals surface area contributed by atoms with Gasteiger partial charge in [0.1, 0.15) is 0 Å². The van der Waals surface area contributed by atoms with Crippen LogP contribution in [0.4, 0.5) is 5.69 Å². The fourth-order valence-corrected chi connectivity index (χ4v) is 3.72. The van der Waals surface area contributed by atoms with E-state index in [-0.39, 0.29) is 0 Å². The van der Waals surface area contributed by atoms with Gasteiger partial charge in [-0.05, 0) is 43.5 Å². The molecule has 0 atom stereocenters. The summed E-state index contributed by atoms with van der Waals surface area (Å²) in [5.41, 5.74) is 9.11. The van der Waals surface area contributed by atoms with Gasteiger partial charge in [-0.3, -0.25) is 4.68 Å². The van der Waals surface area contributed by atoms with Gasteiger partial charge >= 0.3 is 0 Å². The van der Waals surface area contributed by atoms with E-state index in [1.807, 2.05) is 23.9 Å². The molecule has 20 heavy (non-hydrogen) atoms. The summed E-state index contributed by atoms with van der Waals surface area (Å²) in [7, 11) is 0. The van der Waals surface area contributed by atoms with Gasteiger partial charge in [-0.25, -0.2) is 0 Å². The van der Waals surface area contributed by atoms with Crippen molar-refractivity contribution in [1.29, 1.82) is 0 Å². The minimum atomic E-state index is 0.628. The van der Waals surface area contributed by atoms with Gasteiger partial charge in [0.25, 0.3) is 0 Å². The summed E-state index contributed by atoms with van der Waals surface area (Å²) in [5.74, 6) is 0.907. The lowest BCUT2D eigenvalue weighted by molar-refractivity contribution is 0.464. The van der Waals surface area contributed by atoms with Crippen molar-refractivity contribution in [3.05, 3.63) is 41.7 Å². The highest BCUT2D eigenvalue weighted by atomic mass is 32.2. The van der Waals surface area contributed by atoms with E-state index in [4.69, 9.17) is 10.8 Å². The molecule has 1 aliphatic carbocycles. The van der Waals surface area contributed by atoms with E-state index >= 15 is 0 Å². The van der Waals surface area contributed by atoms with E-state index in [2.05, 4.69) is 29.9 Å². The molecular weight excluding hydrogens is 266 g/mol. The average Bonchev–Trinajstić information content (AvgIpc) is 3.09. The van der Waals surface area contributed by atoms with Crippen molar-refractivity contribution in [3.8, 4) is 0 Å². The number of nitrogens with zero attached hydrogens (tertiary/aromatic N) is 2. The number of hydrogen-bond donors (Lipinski definition) is 1. The molecule has 0 aliphatic heterocycles. The van der Waals surface area contributed by atoms with E-state index in [1.165, 1.54) is 36.1 Å². The van der Waals surface area contributed by atoms with Crippen molar-refractivity contribution >= 4 is 17.4 Å². The predicted molar refractivity (Wildman–Crippen MR) is 84.9 cm³/mol. The molecule has 0 bridgehead atoms. The van der Waals surface area contributed by atoms with Crippen LogP contribution in [0.5, 0.6) is 0 Å². The lowest BCUT2D eigenvalue weighted by atomic mass is 10.2. The third kappa shape index (κ3) is 3.01. The quantitative estimate of drug-likeness (QED) is 0.677. The highest BCUT2D eigenvalue weighted by Gasteiger charge is 2.17. The fourth-order valence-electron chi connectivity index (χ4n) is 2.75. The standard InChI is InChI=1S/C16H21N3S/c1-12-6-7-13(17)10-16(12)20-11-14-8-9-19(18-14)15-4-2-3-5-15/h6-10,15H,2-5,11,17H2,1H3. The van der Waals surface area contributed by atoms with Gasteiger partial charge < -0.3 is 5.73 Å². The number of nitrogens with two attached hydrogens (primary N) is 1. The van der Waals surface area contributed by atoms with Gasteiger partial charge in [0.05, 0.1) is 11.7 Å². The van der Waals surface area contributed by atoms with Crippen LogP contribution in [0.2, 0.25) is 0 Å². The minimum absolute atomic E-state index is 0.628. The van der Waals surface area contributed by atoms with Crippen LogP contribution >= 0.6 is 11.8 Å². The number of rotatable bonds is 4. The van der Waals surface area contributed by atoms with Crippen LogP contribution in [-0.4, -0.2) is 9.78 Å². The maximum absolute atomic E-state index is 5.85. The van der Waals surface area contributed by atoms with Crippen LogP contribution in [0, 0.1) is 6.92 Å². The molecular formula is C16H21N3S. The molecule has 0 amide bonds. The van der Waals surface area contributed by atoms with Crippen molar-refractivity contribution in [2.24, 2.45) is 0 Å². The summed E-state index contributed by atoms with van der Waals surface area (Å²) in [6.07, 6.45) is 7.39. The number of aryl methyl sites for hydroxylation is 1. The van der Waals surface area contributed by atoms with E-state index in [9.17, 15) is 0 Å². The minimum Gasteiger partial charge on any atom is -0.399 e. The Morgan fingerprint density at radius 1 is 1.30 bits per heavy atom. The Balaban J connectivity index is 1.64. The lowest BCUT2D eigenvalue weighted by Gasteiger charge is -2.09. The van der Waals surface area contributed by atoms with Crippen LogP contribution in [0.1, 0.15) is 43.0 Å². The molecule has 1 aromatic carbocycles. The zero-order chi connectivity index (χ0) is 13.9. The smallest absolute Gasteiger partial charge is 0.0727 e. The third-order valence-electron chi connectivity index (χ3n) is 3.95.